The molecule has 0 aliphatic carbocycles. The monoisotopic (exact) mass is 304 g/mol. The number of rotatable bonds is 6. The first-order chi connectivity index (χ1) is 8.76. The molecule has 0 saturated heterocycles. The van der Waals surface area contributed by atoms with Crippen molar-refractivity contribution in [1.82, 2.24) is 5.32 Å². The number of anilines is 1. The smallest absolute Gasteiger partial charge is 0.238 e. The van der Waals surface area contributed by atoms with Crippen molar-refractivity contribution in [1.29, 1.82) is 0 Å². The summed E-state index contributed by atoms with van der Waals surface area (Å²) >= 11 is 5.79. The fraction of sp³-hybridized carbons (Fsp3) is 0.417. The number of carbonyl (C=O) groups excluding carboxylic acids is 1. The van der Waals surface area contributed by atoms with Gasteiger partial charge >= 0.3 is 0 Å². The molecule has 0 aromatic heterocycles. The third kappa shape index (κ3) is 7.15. The Labute approximate surface area is 118 Å². The first-order valence-corrected chi connectivity index (χ1v) is 8.16. The van der Waals surface area contributed by atoms with E-state index in [0.717, 1.165) is 6.26 Å². The maximum Gasteiger partial charge on any atom is 0.238 e. The second-order valence-electron chi connectivity index (χ2n) is 4.43. The zero-order chi connectivity index (χ0) is 14.5. The van der Waals surface area contributed by atoms with Gasteiger partial charge in [-0.3, -0.25) is 4.79 Å². The van der Waals surface area contributed by atoms with Gasteiger partial charge in [-0.25, -0.2) is 8.42 Å². The molecule has 0 saturated carbocycles. The molecule has 106 valence electrons. The van der Waals surface area contributed by atoms with Gasteiger partial charge in [-0.15, -0.1) is 0 Å². The van der Waals surface area contributed by atoms with Crippen molar-refractivity contribution < 1.29 is 13.2 Å². The number of hydrogen-bond donors (Lipinski definition) is 2. The molecule has 5 nitrogen and oxygen atoms in total. The van der Waals surface area contributed by atoms with Crippen LogP contribution >= 0.6 is 11.6 Å². The minimum absolute atomic E-state index is 0.00253. The summed E-state index contributed by atoms with van der Waals surface area (Å²) in [6, 6.07) is 6.53. The van der Waals surface area contributed by atoms with Gasteiger partial charge in [-0.2, -0.15) is 0 Å². The second-order valence-corrected chi connectivity index (χ2v) is 7.05. The van der Waals surface area contributed by atoms with Crippen LogP contribution in [0, 0.1) is 0 Å². The van der Waals surface area contributed by atoms with Crippen LogP contribution in [0.1, 0.15) is 6.92 Å². The van der Waals surface area contributed by atoms with E-state index in [0.29, 0.717) is 10.7 Å². The van der Waals surface area contributed by atoms with E-state index in [4.69, 9.17) is 11.6 Å². The molecule has 0 spiro atoms. The van der Waals surface area contributed by atoms with E-state index < -0.39 is 9.84 Å². The van der Waals surface area contributed by atoms with Gasteiger partial charge in [-0.05, 0) is 25.1 Å². The number of hydrogen-bond acceptors (Lipinski definition) is 4. The van der Waals surface area contributed by atoms with Gasteiger partial charge in [-0.1, -0.05) is 17.7 Å². The molecule has 0 bridgehead atoms. The van der Waals surface area contributed by atoms with E-state index in [2.05, 4.69) is 10.6 Å². The third-order valence-electron chi connectivity index (χ3n) is 2.27. The number of nitrogens with one attached hydrogen (secondary N) is 2. The van der Waals surface area contributed by atoms with Crippen LogP contribution in [-0.4, -0.2) is 38.9 Å². The lowest BCUT2D eigenvalue weighted by Gasteiger charge is -2.12. The van der Waals surface area contributed by atoms with Crippen molar-refractivity contribution in [2.75, 3.05) is 23.9 Å². The molecule has 2 N–H and O–H groups in total. The molecule has 1 aromatic rings. The van der Waals surface area contributed by atoms with Gasteiger partial charge in [0.15, 0.2) is 0 Å². The normalized spacial score (nSPS) is 13.0. The molecule has 0 heterocycles. The standard InChI is InChI=1S/C12H17ClN2O3S/c1-9(8-19(2,17)18)14-7-12(16)15-11-5-3-4-10(13)6-11/h3-6,9,14H,7-8H2,1-2H3,(H,15,16). The summed E-state index contributed by atoms with van der Waals surface area (Å²) in [5.74, 6) is -0.250. The fourth-order valence-corrected chi connectivity index (χ4v) is 2.77. The molecule has 1 unspecified atom stereocenters. The summed E-state index contributed by atoms with van der Waals surface area (Å²) in [7, 11) is -3.05. The molecule has 1 aromatic carbocycles. The molecule has 7 heteroatoms. The van der Waals surface area contributed by atoms with E-state index >= 15 is 0 Å². The van der Waals surface area contributed by atoms with Gasteiger partial charge in [0.2, 0.25) is 5.91 Å². The lowest BCUT2D eigenvalue weighted by atomic mass is 10.3. The highest BCUT2D eigenvalue weighted by Gasteiger charge is 2.11. The number of sulfone groups is 1. The quantitative estimate of drug-likeness (QED) is 0.831. The first kappa shape index (κ1) is 15.9. The van der Waals surface area contributed by atoms with Crippen LogP contribution in [0.5, 0.6) is 0 Å². The lowest BCUT2D eigenvalue weighted by Crippen LogP contribution is -2.38. The molecular weight excluding hydrogens is 288 g/mol. The third-order valence-corrected chi connectivity index (χ3v) is 3.61. The second kappa shape index (κ2) is 6.88. The van der Waals surface area contributed by atoms with Gasteiger partial charge in [0, 0.05) is 23.0 Å². The molecule has 19 heavy (non-hydrogen) atoms. The van der Waals surface area contributed by atoms with Gasteiger partial charge in [0.25, 0.3) is 0 Å². The lowest BCUT2D eigenvalue weighted by molar-refractivity contribution is -0.115. The van der Waals surface area contributed by atoms with Gasteiger partial charge in [0.05, 0.1) is 12.3 Å². The maximum atomic E-state index is 11.6. The number of halogens is 1. The summed E-state index contributed by atoms with van der Waals surface area (Å²) < 4.78 is 22.1. The minimum atomic E-state index is -3.05. The number of amides is 1. The van der Waals surface area contributed by atoms with Crippen molar-refractivity contribution in [3.63, 3.8) is 0 Å². The highest BCUT2D eigenvalue weighted by atomic mass is 35.5. The van der Waals surface area contributed by atoms with Crippen LogP contribution in [0.3, 0.4) is 0 Å². The Morgan fingerprint density at radius 3 is 2.68 bits per heavy atom. The van der Waals surface area contributed by atoms with Gasteiger partial charge < -0.3 is 10.6 Å². The summed E-state index contributed by atoms with van der Waals surface area (Å²) in [6.07, 6.45) is 1.16. The zero-order valence-electron chi connectivity index (χ0n) is 10.8. The van der Waals surface area contributed by atoms with Crippen LogP contribution in [0.15, 0.2) is 24.3 Å². The minimum Gasteiger partial charge on any atom is -0.325 e. The summed E-state index contributed by atoms with van der Waals surface area (Å²) in [5, 5.41) is 6.05. The van der Waals surface area contributed by atoms with Crippen molar-refractivity contribution in [2.24, 2.45) is 0 Å². The van der Waals surface area contributed by atoms with E-state index in [1.54, 1.807) is 31.2 Å². The SMILES string of the molecule is CC(CS(C)(=O)=O)NCC(=O)Nc1cccc(Cl)c1. The topological polar surface area (TPSA) is 75.3 Å². The summed E-state index contributed by atoms with van der Waals surface area (Å²) in [5.41, 5.74) is 0.607. The Bertz CT molecular complexity index is 546. The predicted octanol–water partition coefficient (Wildman–Crippen LogP) is 1.30. The molecular formula is C12H17ClN2O3S. The zero-order valence-corrected chi connectivity index (χ0v) is 12.4. The Hall–Kier alpha value is -1.11. The molecule has 0 radical (unpaired) electrons. The Kier molecular flexibility index (Phi) is 5.78. The van der Waals surface area contributed by atoms with Crippen LogP contribution in [0.25, 0.3) is 0 Å². The molecule has 1 rings (SSSR count). The van der Waals surface area contributed by atoms with E-state index in [1.165, 1.54) is 0 Å². The van der Waals surface area contributed by atoms with E-state index in [1.807, 2.05) is 0 Å². The molecule has 1 atom stereocenters. The van der Waals surface area contributed by atoms with Crippen molar-refractivity contribution in [2.45, 2.75) is 13.0 Å². The predicted molar refractivity (Wildman–Crippen MR) is 77.3 cm³/mol. The highest BCUT2D eigenvalue weighted by Crippen LogP contribution is 2.14. The van der Waals surface area contributed by atoms with E-state index in [-0.39, 0.29) is 24.2 Å². The molecule has 0 aliphatic rings. The van der Waals surface area contributed by atoms with Crippen LogP contribution in [0.4, 0.5) is 5.69 Å². The first-order valence-electron chi connectivity index (χ1n) is 5.73. The number of carbonyl (C=O) groups is 1. The molecule has 1 amide bonds. The van der Waals surface area contributed by atoms with E-state index in [9.17, 15) is 13.2 Å². The van der Waals surface area contributed by atoms with Crippen LogP contribution in [-0.2, 0) is 14.6 Å². The highest BCUT2D eigenvalue weighted by molar-refractivity contribution is 7.90. The van der Waals surface area contributed by atoms with Crippen LogP contribution < -0.4 is 10.6 Å². The van der Waals surface area contributed by atoms with Crippen molar-refractivity contribution >= 4 is 33.0 Å². The Morgan fingerprint density at radius 1 is 1.42 bits per heavy atom. The Balaban J connectivity index is 2.40. The average Bonchev–Trinajstić information content (AvgIpc) is 2.24. The average molecular weight is 305 g/mol. The van der Waals surface area contributed by atoms with Gasteiger partial charge in [0.1, 0.15) is 9.84 Å². The largest absolute Gasteiger partial charge is 0.325 e. The van der Waals surface area contributed by atoms with Crippen molar-refractivity contribution in [3.05, 3.63) is 29.3 Å². The maximum absolute atomic E-state index is 11.6. The number of benzene rings is 1. The van der Waals surface area contributed by atoms with Crippen LogP contribution in [0.2, 0.25) is 5.02 Å². The molecule has 0 fully saturated rings. The summed E-state index contributed by atoms with van der Waals surface area (Å²) in [4.78, 5) is 11.6. The summed E-state index contributed by atoms with van der Waals surface area (Å²) in [6.45, 7) is 1.76. The Morgan fingerprint density at radius 2 is 2.11 bits per heavy atom. The molecule has 0 aliphatic heterocycles. The van der Waals surface area contributed by atoms with Crippen molar-refractivity contribution in [3.8, 4) is 0 Å². The fourth-order valence-electron chi connectivity index (χ4n) is 1.55.